The first-order valence-electron chi connectivity index (χ1n) is 12.7. The maximum absolute atomic E-state index is 13.3. The van der Waals surface area contributed by atoms with Gasteiger partial charge in [0, 0.05) is 0 Å². The Morgan fingerprint density at radius 1 is 0.795 bits per heavy atom. The average molecular weight is 521 g/mol. The van der Waals surface area contributed by atoms with E-state index < -0.39 is 17.8 Å². The summed E-state index contributed by atoms with van der Waals surface area (Å²) in [7, 11) is 0. The molecule has 0 aliphatic carbocycles. The standard InChI is InChI=1S/C32H28N2O5/c1-4-38-29-18-22(11-14-28(29)39-19-23-10-12-24-7-5-6-8-25(24)16-23)17-27-30(35)33-32(37)34(31(27)36)26-13-9-20(2)21(3)15-26/h5-18H,4,19H2,1-3H3,(H,33,35,37)/b27-17+. The molecule has 196 valence electrons. The number of carbonyl (C=O) groups is 3. The first-order valence-corrected chi connectivity index (χ1v) is 12.7. The molecule has 1 fully saturated rings. The summed E-state index contributed by atoms with van der Waals surface area (Å²) >= 11 is 0. The van der Waals surface area contributed by atoms with E-state index in [1.54, 1.807) is 30.3 Å². The van der Waals surface area contributed by atoms with Crippen molar-refractivity contribution in [3.8, 4) is 11.5 Å². The fourth-order valence-electron chi connectivity index (χ4n) is 4.41. The number of benzene rings is 4. The van der Waals surface area contributed by atoms with Crippen LogP contribution in [0.1, 0.15) is 29.2 Å². The molecule has 0 atom stereocenters. The molecule has 39 heavy (non-hydrogen) atoms. The zero-order valence-electron chi connectivity index (χ0n) is 22.0. The zero-order valence-corrected chi connectivity index (χ0v) is 22.0. The van der Waals surface area contributed by atoms with Crippen molar-refractivity contribution in [3.05, 3.63) is 107 Å². The van der Waals surface area contributed by atoms with Crippen molar-refractivity contribution in [2.75, 3.05) is 11.5 Å². The Bertz CT molecular complexity index is 1640. The molecule has 7 nitrogen and oxygen atoms in total. The van der Waals surface area contributed by atoms with E-state index in [9.17, 15) is 14.4 Å². The number of aryl methyl sites for hydroxylation is 2. The summed E-state index contributed by atoms with van der Waals surface area (Å²) in [6, 6.07) is 24.0. The van der Waals surface area contributed by atoms with Crippen molar-refractivity contribution >= 4 is 40.4 Å². The highest BCUT2D eigenvalue weighted by Crippen LogP contribution is 2.31. The first-order chi connectivity index (χ1) is 18.8. The van der Waals surface area contributed by atoms with Gasteiger partial charge in [0.15, 0.2) is 11.5 Å². The molecule has 0 spiro atoms. The van der Waals surface area contributed by atoms with E-state index in [1.165, 1.54) is 6.08 Å². The van der Waals surface area contributed by atoms with Gasteiger partial charge in [-0.05, 0) is 90.2 Å². The highest BCUT2D eigenvalue weighted by Gasteiger charge is 2.37. The Hall–Kier alpha value is -4.91. The van der Waals surface area contributed by atoms with E-state index in [0.717, 1.165) is 32.4 Å². The van der Waals surface area contributed by atoms with E-state index >= 15 is 0 Å². The van der Waals surface area contributed by atoms with Gasteiger partial charge in [-0.1, -0.05) is 48.5 Å². The Balaban J connectivity index is 1.40. The van der Waals surface area contributed by atoms with Crippen LogP contribution in [-0.4, -0.2) is 24.5 Å². The molecule has 0 aromatic heterocycles. The predicted octanol–water partition coefficient (Wildman–Crippen LogP) is 6.10. The van der Waals surface area contributed by atoms with E-state index in [-0.39, 0.29) is 5.57 Å². The Morgan fingerprint density at radius 2 is 1.59 bits per heavy atom. The maximum Gasteiger partial charge on any atom is 0.335 e. The van der Waals surface area contributed by atoms with Crippen LogP contribution in [-0.2, 0) is 16.2 Å². The van der Waals surface area contributed by atoms with Crippen LogP contribution in [0.5, 0.6) is 11.5 Å². The number of imide groups is 2. The van der Waals surface area contributed by atoms with Gasteiger partial charge in [0.05, 0.1) is 12.3 Å². The van der Waals surface area contributed by atoms with Crippen molar-refractivity contribution in [2.45, 2.75) is 27.4 Å². The van der Waals surface area contributed by atoms with Gasteiger partial charge < -0.3 is 9.47 Å². The minimum atomic E-state index is -0.780. The average Bonchev–Trinajstić information content (AvgIpc) is 2.92. The lowest BCUT2D eigenvalue weighted by molar-refractivity contribution is -0.122. The van der Waals surface area contributed by atoms with Gasteiger partial charge >= 0.3 is 6.03 Å². The Labute approximate surface area is 226 Å². The molecule has 1 saturated heterocycles. The Morgan fingerprint density at radius 3 is 2.36 bits per heavy atom. The van der Waals surface area contributed by atoms with Gasteiger partial charge in [0.2, 0.25) is 0 Å². The van der Waals surface area contributed by atoms with Gasteiger partial charge in [-0.3, -0.25) is 14.9 Å². The highest BCUT2D eigenvalue weighted by molar-refractivity contribution is 6.39. The van der Waals surface area contributed by atoms with E-state index in [0.29, 0.717) is 36.0 Å². The van der Waals surface area contributed by atoms with Gasteiger partial charge in [-0.2, -0.15) is 0 Å². The third-order valence-corrected chi connectivity index (χ3v) is 6.64. The number of nitrogens with zero attached hydrogens (tertiary/aromatic N) is 1. The molecule has 4 aromatic rings. The lowest BCUT2D eigenvalue weighted by atomic mass is 10.0. The highest BCUT2D eigenvalue weighted by atomic mass is 16.5. The minimum Gasteiger partial charge on any atom is -0.490 e. The number of fused-ring (bicyclic) bond motifs is 1. The number of carbonyl (C=O) groups excluding carboxylic acids is 3. The smallest absolute Gasteiger partial charge is 0.335 e. The summed E-state index contributed by atoms with van der Waals surface area (Å²) in [6.07, 6.45) is 1.45. The molecular formula is C32H28N2O5. The third kappa shape index (κ3) is 5.38. The molecule has 0 unspecified atom stereocenters. The summed E-state index contributed by atoms with van der Waals surface area (Å²) in [5.74, 6) is -0.418. The molecule has 0 radical (unpaired) electrons. The van der Waals surface area contributed by atoms with E-state index in [1.807, 2.05) is 45.0 Å². The molecular weight excluding hydrogens is 492 g/mol. The number of ether oxygens (including phenoxy) is 2. The maximum atomic E-state index is 13.3. The van der Waals surface area contributed by atoms with E-state index in [2.05, 4.69) is 29.6 Å². The molecule has 1 heterocycles. The molecule has 0 saturated carbocycles. The normalized spacial score (nSPS) is 14.6. The van der Waals surface area contributed by atoms with Crippen molar-refractivity contribution in [3.63, 3.8) is 0 Å². The van der Waals surface area contributed by atoms with Crippen LogP contribution in [0.4, 0.5) is 10.5 Å². The second-order valence-electron chi connectivity index (χ2n) is 9.34. The lowest BCUT2D eigenvalue weighted by Gasteiger charge is -2.27. The first kappa shape index (κ1) is 25.7. The second kappa shape index (κ2) is 10.8. The molecule has 1 aliphatic rings. The number of urea groups is 1. The number of barbiturate groups is 1. The number of anilines is 1. The Kier molecular flexibility index (Phi) is 7.14. The molecule has 4 amide bonds. The van der Waals surface area contributed by atoms with Crippen LogP contribution in [0.3, 0.4) is 0 Å². The van der Waals surface area contributed by atoms with Crippen molar-refractivity contribution < 1.29 is 23.9 Å². The minimum absolute atomic E-state index is 0.153. The summed E-state index contributed by atoms with van der Waals surface area (Å²) in [5, 5.41) is 4.56. The monoisotopic (exact) mass is 520 g/mol. The molecule has 1 N–H and O–H groups in total. The second-order valence-corrected chi connectivity index (χ2v) is 9.34. The zero-order chi connectivity index (χ0) is 27.5. The summed E-state index contributed by atoms with van der Waals surface area (Å²) in [4.78, 5) is 39.5. The van der Waals surface area contributed by atoms with Crippen LogP contribution >= 0.6 is 0 Å². The van der Waals surface area contributed by atoms with Gasteiger partial charge in [-0.15, -0.1) is 0 Å². The number of hydrogen-bond acceptors (Lipinski definition) is 5. The molecule has 7 heteroatoms. The van der Waals surface area contributed by atoms with Crippen LogP contribution in [0, 0.1) is 13.8 Å². The molecule has 4 aromatic carbocycles. The topological polar surface area (TPSA) is 84.9 Å². The third-order valence-electron chi connectivity index (χ3n) is 6.64. The van der Waals surface area contributed by atoms with Crippen LogP contribution in [0.25, 0.3) is 16.8 Å². The van der Waals surface area contributed by atoms with Crippen molar-refractivity contribution in [2.24, 2.45) is 0 Å². The molecule has 0 bridgehead atoms. The van der Waals surface area contributed by atoms with Gasteiger partial charge in [0.25, 0.3) is 11.8 Å². The van der Waals surface area contributed by atoms with Crippen LogP contribution < -0.4 is 19.7 Å². The van der Waals surface area contributed by atoms with Crippen molar-refractivity contribution in [1.29, 1.82) is 0 Å². The lowest BCUT2D eigenvalue weighted by Crippen LogP contribution is -2.54. The van der Waals surface area contributed by atoms with Crippen LogP contribution in [0.15, 0.2) is 84.4 Å². The number of rotatable bonds is 7. The van der Waals surface area contributed by atoms with Crippen LogP contribution in [0.2, 0.25) is 0 Å². The molecule has 1 aliphatic heterocycles. The van der Waals surface area contributed by atoms with E-state index in [4.69, 9.17) is 9.47 Å². The fraction of sp³-hybridized carbons (Fsp3) is 0.156. The summed E-state index contributed by atoms with van der Waals surface area (Å²) < 4.78 is 11.9. The largest absolute Gasteiger partial charge is 0.490 e. The number of nitrogens with one attached hydrogen (secondary N) is 1. The van der Waals surface area contributed by atoms with Gasteiger partial charge in [-0.25, -0.2) is 9.69 Å². The number of amides is 4. The summed E-state index contributed by atoms with van der Waals surface area (Å²) in [6.45, 7) is 6.45. The fourth-order valence-corrected chi connectivity index (χ4v) is 4.41. The number of hydrogen-bond donors (Lipinski definition) is 1. The molecule has 5 rings (SSSR count). The quantitative estimate of drug-likeness (QED) is 0.235. The SMILES string of the molecule is CCOc1cc(/C=C2\C(=O)NC(=O)N(c3ccc(C)c(C)c3)C2=O)ccc1OCc1ccc2ccccc2c1. The van der Waals surface area contributed by atoms with Gasteiger partial charge in [0.1, 0.15) is 12.2 Å². The summed E-state index contributed by atoms with van der Waals surface area (Å²) in [5.41, 5.74) is 3.77. The predicted molar refractivity (Wildman–Crippen MR) is 151 cm³/mol. The van der Waals surface area contributed by atoms with Crippen molar-refractivity contribution in [1.82, 2.24) is 5.32 Å².